The highest BCUT2D eigenvalue weighted by Gasteiger charge is 2.13. The molecule has 0 aliphatic rings. The largest absolute Gasteiger partial charge is 0.494 e. The van der Waals surface area contributed by atoms with Crippen LogP contribution in [0.5, 0.6) is 5.75 Å². The molecule has 0 spiro atoms. The van der Waals surface area contributed by atoms with E-state index in [-0.39, 0.29) is 0 Å². The van der Waals surface area contributed by atoms with Crippen molar-refractivity contribution in [3.8, 4) is 5.75 Å². The quantitative estimate of drug-likeness (QED) is 0.779. The molecule has 4 nitrogen and oxygen atoms in total. The summed E-state index contributed by atoms with van der Waals surface area (Å²) in [4.78, 5) is 6.71. The molecule has 0 saturated carbocycles. The second-order valence-corrected chi connectivity index (χ2v) is 4.71. The van der Waals surface area contributed by atoms with E-state index >= 15 is 0 Å². The minimum atomic E-state index is 0.408. The van der Waals surface area contributed by atoms with Crippen molar-refractivity contribution in [2.24, 2.45) is 0 Å². The van der Waals surface area contributed by atoms with Gasteiger partial charge in [-0.25, -0.2) is 4.98 Å². The van der Waals surface area contributed by atoms with Crippen molar-refractivity contribution in [2.75, 3.05) is 27.7 Å². The molecule has 2 rings (SSSR count). The van der Waals surface area contributed by atoms with Crippen LogP contribution in [0.25, 0.3) is 11.0 Å². The Labute approximate surface area is 112 Å². The van der Waals surface area contributed by atoms with Gasteiger partial charge in [0.15, 0.2) is 0 Å². The van der Waals surface area contributed by atoms with Crippen LogP contribution in [-0.4, -0.2) is 42.2 Å². The van der Waals surface area contributed by atoms with E-state index in [2.05, 4.69) is 34.6 Å². The van der Waals surface area contributed by atoms with Crippen LogP contribution in [0, 0.1) is 0 Å². The summed E-state index contributed by atoms with van der Waals surface area (Å²) < 4.78 is 7.49. The third kappa shape index (κ3) is 2.44. The first-order chi connectivity index (χ1) is 8.67. The third-order valence-corrected chi connectivity index (χ3v) is 3.17. The average Bonchev–Trinajstić information content (AvgIpc) is 2.73. The highest BCUT2D eigenvalue weighted by molar-refractivity contribution is 6.16. The van der Waals surface area contributed by atoms with Crippen molar-refractivity contribution < 1.29 is 4.74 Å². The second-order valence-electron chi connectivity index (χ2n) is 4.44. The van der Waals surface area contributed by atoms with E-state index in [1.807, 2.05) is 12.1 Å². The topological polar surface area (TPSA) is 30.3 Å². The number of nitrogens with zero attached hydrogens (tertiary/aromatic N) is 3. The van der Waals surface area contributed by atoms with Crippen LogP contribution in [-0.2, 0) is 12.4 Å². The fourth-order valence-electron chi connectivity index (χ4n) is 1.99. The molecule has 0 amide bonds. The number of hydrogen-bond acceptors (Lipinski definition) is 3. The maximum atomic E-state index is 5.98. The van der Waals surface area contributed by atoms with Gasteiger partial charge in [0.1, 0.15) is 17.1 Å². The second kappa shape index (κ2) is 5.59. The van der Waals surface area contributed by atoms with E-state index in [0.717, 1.165) is 35.7 Å². The number of fused-ring (bicyclic) bond motifs is 1. The van der Waals surface area contributed by atoms with Crippen molar-refractivity contribution >= 4 is 22.6 Å². The number of aromatic nitrogens is 2. The highest BCUT2D eigenvalue weighted by atomic mass is 35.5. The minimum absolute atomic E-state index is 0.408. The Kier molecular flexibility index (Phi) is 4.09. The molecule has 2 aromatic rings. The van der Waals surface area contributed by atoms with E-state index in [1.165, 1.54) is 0 Å². The average molecular weight is 268 g/mol. The number of rotatable bonds is 5. The molecule has 98 valence electrons. The minimum Gasteiger partial charge on any atom is -0.494 e. The highest BCUT2D eigenvalue weighted by Crippen LogP contribution is 2.26. The lowest BCUT2D eigenvalue weighted by Gasteiger charge is -2.12. The van der Waals surface area contributed by atoms with Gasteiger partial charge in [-0.15, -0.1) is 11.6 Å². The summed E-state index contributed by atoms with van der Waals surface area (Å²) in [5.74, 6) is 2.09. The van der Waals surface area contributed by atoms with Crippen LogP contribution in [0.4, 0.5) is 0 Å². The lowest BCUT2D eigenvalue weighted by molar-refractivity contribution is 0.384. The summed E-state index contributed by atoms with van der Waals surface area (Å²) in [6, 6.07) is 5.95. The van der Waals surface area contributed by atoms with Gasteiger partial charge in [-0.3, -0.25) is 0 Å². The molecule has 0 fully saturated rings. The Bertz CT molecular complexity index is 536. The Balaban J connectivity index is 2.49. The molecule has 0 aliphatic carbocycles. The predicted molar refractivity (Wildman–Crippen MR) is 74.4 cm³/mol. The van der Waals surface area contributed by atoms with Gasteiger partial charge in [0.2, 0.25) is 0 Å². The molecule has 1 heterocycles. The van der Waals surface area contributed by atoms with Crippen LogP contribution in [0.15, 0.2) is 18.2 Å². The van der Waals surface area contributed by atoms with Crippen LogP contribution in [0.1, 0.15) is 5.82 Å². The molecule has 0 atom stereocenters. The van der Waals surface area contributed by atoms with Crippen LogP contribution < -0.4 is 4.74 Å². The molecule has 0 aliphatic heterocycles. The zero-order chi connectivity index (χ0) is 13.1. The number of para-hydroxylation sites is 1. The summed E-state index contributed by atoms with van der Waals surface area (Å²) in [7, 11) is 5.77. The molecule has 0 saturated heterocycles. The lowest BCUT2D eigenvalue weighted by Crippen LogP contribution is -2.19. The van der Waals surface area contributed by atoms with Crippen LogP contribution >= 0.6 is 11.6 Å². The molecular weight excluding hydrogens is 250 g/mol. The van der Waals surface area contributed by atoms with Gasteiger partial charge in [-0.1, -0.05) is 6.07 Å². The lowest BCUT2D eigenvalue weighted by atomic mass is 10.3. The number of halogens is 1. The number of alkyl halides is 1. The van der Waals surface area contributed by atoms with Crippen molar-refractivity contribution in [1.29, 1.82) is 0 Å². The standard InChI is InChI=1S/C13H18ClN3O/c1-16(2)7-8-17-10-5-4-6-11(18-3)13(10)15-12(17)9-14/h4-6H,7-9H2,1-3H3. The Morgan fingerprint density at radius 3 is 2.78 bits per heavy atom. The van der Waals surface area contributed by atoms with Crippen molar-refractivity contribution in [3.05, 3.63) is 24.0 Å². The molecule has 5 heteroatoms. The number of methoxy groups -OCH3 is 1. The summed E-state index contributed by atoms with van der Waals surface area (Å²) in [6.45, 7) is 1.82. The first-order valence-electron chi connectivity index (χ1n) is 5.90. The molecular formula is C13H18ClN3O. The zero-order valence-corrected chi connectivity index (χ0v) is 11.7. The number of ether oxygens (including phenoxy) is 1. The van der Waals surface area contributed by atoms with Gasteiger partial charge < -0.3 is 14.2 Å². The van der Waals surface area contributed by atoms with E-state index < -0.39 is 0 Å². The van der Waals surface area contributed by atoms with Crippen molar-refractivity contribution in [3.63, 3.8) is 0 Å². The normalized spacial score (nSPS) is 11.4. The summed E-state index contributed by atoms with van der Waals surface area (Å²) >= 11 is 5.98. The SMILES string of the molecule is COc1cccc2c1nc(CCl)n2CCN(C)C. The predicted octanol–water partition coefficient (Wildman–Crippen LogP) is 2.35. The number of hydrogen-bond donors (Lipinski definition) is 0. The fourth-order valence-corrected chi connectivity index (χ4v) is 2.19. The summed E-state index contributed by atoms with van der Waals surface area (Å²) in [5.41, 5.74) is 1.96. The van der Waals surface area contributed by atoms with Crippen molar-refractivity contribution in [2.45, 2.75) is 12.4 Å². The van der Waals surface area contributed by atoms with E-state index in [1.54, 1.807) is 7.11 Å². The van der Waals surface area contributed by atoms with E-state index in [0.29, 0.717) is 5.88 Å². The monoisotopic (exact) mass is 267 g/mol. The molecule has 1 aromatic heterocycles. The first kappa shape index (κ1) is 13.2. The van der Waals surface area contributed by atoms with Gasteiger partial charge in [0.25, 0.3) is 0 Å². The van der Waals surface area contributed by atoms with Crippen molar-refractivity contribution in [1.82, 2.24) is 14.5 Å². The molecule has 0 unspecified atom stereocenters. The van der Waals surface area contributed by atoms with E-state index in [4.69, 9.17) is 16.3 Å². The first-order valence-corrected chi connectivity index (χ1v) is 6.43. The Hall–Kier alpha value is -1.26. The molecule has 18 heavy (non-hydrogen) atoms. The molecule has 0 N–H and O–H groups in total. The number of benzene rings is 1. The maximum Gasteiger partial charge on any atom is 0.146 e. The number of imidazole rings is 1. The van der Waals surface area contributed by atoms with Crippen LogP contribution in [0.3, 0.4) is 0 Å². The molecule has 1 aromatic carbocycles. The summed E-state index contributed by atoms with van der Waals surface area (Å²) in [5, 5.41) is 0. The van der Waals surface area contributed by atoms with Gasteiger partial charge in [-0.2, -0.15) is 0 Å². The smallest absolute Gasteiger partial charge is 0.146 e. The van der Waals surface area contributed by atoms with Gasteiger partial charge in [0.05, 0.1) is 18.5 Å². The molecule has 0 radical (unpaired) electrons. The van der Waals surface area contributed by atoms with E-state index in [9.17, 15) is 0 Å². The molecule has 0 bridgehead atoms. The summed E-state index contributed by atoms with van der Waals surface area (Å²) in [6.07, 6.45) is 0. The number of likely N-dealkylation sites (N-methyl/N-ethyl adjacent to an activating group) is 1. The zero-order valence-electron chi connectivity index (χ0n) is 11.0. The fraction of sp³-hybridized carbons (Fsp3) is 0.462. The van der Waals surface area contributed by atoms with Crippen LogP contribution in [0.2, 0.25) is 0 Å². The van der Waals surface area contributed by atoms with Gasteiger partial charge in [-0.05, 0) is 26.2 Å². The van der Waals surface area contributed by atoms with Gasteiger partial charge in [0, 0.05) is 13.1 Å². The Morgan fingerprint density at radius 2 is 2.17 bits per heavy atom. The van der Waals surface area contributed by atoms with Gasteiger partial charge >= 0.3 is 0 Å². The maximum absolute atomic E-state index is 5.98. The third-order valence-electron chi connectivity index (χ3n) is 2.93. The Morgan fingerprint density at radius 1 is 1.39 bits per heavy atom.